The van der Waals surface area contributed by atoms with Crippen LogP contribution in [0.15, 0.2) is 12.5 Å². The second-order valence-corrected chi connectivity index (χ2v) is 4.64. The molecule has 0 unspecified atom stereocenters. The number of anilines is 1. The van der Waals surface area contributed by atoms with E-state index in [0.29, 0.717) is 16.7 Å². The Bertz CT molecular complexity index is 337. The highest BCUT2D eigenvalue weighted by Crippen LogP contribution is 2.34. The first-order valence-electron chi connectivity index (χ1n) is 5.05. The first kappa shape index (κ1) is 11.0. The SMILES string of the molecule is ClCC1(Nc2ncncc2Cl)CCCC1. The first-order chi connectivity index (χ1) is 7.26. The van der Waals surface area contributed by atoms with E-state index in [2.05, 4.69) is 15.3 Å². The van der Waals surface area contributed by atoms with Gasteiger partial charge in [-0.3, -0.25) is 0 Å². The van der Waals surface area contributed by atoms with Crippen molar-refractivity contribution in [2.45, 2.75) is 31.2 Å². The fourth-order valence-corrected chi connectivity index (χ4v) is 2.49. The maximum atomic E-state index is 6.02. The van der Waals surface area contributed by atoms with Crippen LogP contribution in [-0.2, 0) is 0 Å². The molecular weight excluding hydrogens is 233 g/mol. The van der Waals surface area contributed by atoms with Crippen LogP contribution in [0.2, 0.25) is 5.02 Å². The van der Waals surface area contributed by atoms with E-state index >= 15 is 0 Å². The van der Waals surface area contributed by atoms with Crippen LogP contribution in [0.3, 0.4) is 0 Å². The van der Waals surface area contributed by atoms with Gasteiger partial charge in [-0.2, -0.15) is 0 Å². The van der Waals surface area contributed by atoms with Crippen molar-refractivity contribution >= 4 is 29.0 Å². The van der Waals surface area contributed by atoms with Crippen molar-refractivity contribution < 1.29 is 0 Å². The van der Waals surface area contributed by atoms with E-state index in [4.69, 9.17) is 23.2 Å². The molecule has 5 heteroatoms. The minimum absolute atomic E-state index is 0.0282. The number of nitrogens with one attached hydrogen (secondary N) is 1. The van der Waals surface area contributed by atoms with Gasteiger partial charge in [0.05, 0.1) is 11.7 Å². The van der Waals surface area contributed by atoms with Gasteiger partial charge in [0.15, 0.2) is 0 Å². The third-order valence-corrected chi connectivity index (χ3v) is 3.66. The van der Waals surface area contributed by atoms with Gasteiger partial charge in [0.25, 0.3) is 0 Å². The maximum absolute atomic E-state index is 6.02. The van der Waals surface area contributed by atoms with Crippen LogP contribution in [0.1, 0.15) is 25.7 Å². The van der Waals surface area contributed by atoms with Crippen LogP contribution >= 0.6 is 23.2 Å². The van der Waals surface area contributed by atoms with Crippen molar-refractivity contribution in [3.8, 4) is 0 Å². The summed E-state index contributed by atoms with van der Waals surface area (Å²) < 4.78 is 0. The lowest BCUT2D eigenvalue weighted by Gasteiger charge is -2.28. The zero-order valence-electron chi connectivity index (χ0n) is 8.34. The van der Waals surface area contributed by atoms with Crippen molar-refractivity contribution in [1.82, 2.24) is 9.97 Å². The van der Waals surface area contributed by atoms with Gasteiger partial charge in [-0.25, -0.2) is 9.97 Å². The highest BCUT2D eigenvalue weighted by Gasteiger charge is 2.33. The van der Waals surface area contributed by atoms with Gasteiger partial charge in [0.2, 0.25) is 0 Å². The van der Waals surface area contributed by atoms with Crippen molar-refractivity contribution in [2.75, 3.05) is 11.2 Å². The number of hydrogen-bond acceptors (Lipinski definition) is 3. The number of nitrogens with zero attached hydrogens (tertiary/aromatic N) is 2. The molecular formula is C10H13Cl2N3. The highest BCUT2D eigenvalue weighted by molar-refractivity contribution is 6.32. The fraction of sp³-hybridized carbons (Fsp3) is 0.600. The summed E-state index contributed by atoms with van der Waals surface area (Å²) in [5.41, 5.74) is -0.0282. The van der Waals surface area contributed by atoms with E-state index in [1.807, 2.05) is 0 Å². The van der Waals surface area contributed by atoms with E-state index in [0.717, 1.165) is 12.8 Å². The van der Waals surface area contributed by atoms with Gasteiger partial charge in [0.1, 0.15) is 17.2 Å². The van der Waals surface area contributed by atoms with Gasteiger partial charge in [-0.05, 0) is 12.8 Å². The molecule has 0 amide bonds. The molecule has 0 radical (unpaired) electrons. The molecule has 3 nitrogen and oxygen atoms in total. The Morgan fingerprint density at radius 3 is 2.73 bits per heavy atom. The minimum atomic E-state index is -0.0282. The summed E-state index contributed by atoms with van der Waals surface area (Å²) in [6.45, 7) is 0. The molecule has 0 bridgehead atoms. The molecule has 1 aliphatic rings. The summed E-state index contributed by atoms with van der Waals surface area (Å²) in [6, 6.07) is 0. The predicted octanol–water partition coefficient (Wildman–Crippen LogP) is 3.09. The molecule has 0 spiro atoms. The largest absolute Gasteiger partial charge is 0.362 e. The van der Waals surface area contributed by atoms with Crippen molar-refractivity contribution in [3.63, 3.8) is 0 Å². The van der Waals surface area contributed by atoms with Gasteiger partial charge >= 0.3 is 0 Å². The van der Waals surface area contributed by atoms with E-state index < -0.39 is 0 Å². The molecule has 15 heavy (non-hydrogen) atoms. The van der Waals surface area contributed by atoms with E-state index in [9.17, 15) is 0 Å². The zero-order valence-corrected chi connectivity index (χ0v) is 9.85. The molecule has 0 aliphatic heterocycles. The molecule has 1 aromatic rings. The van der Waals surface area contributed by atoms with Gasteiger partial charge < -0.3 is 5.32 Å². The normalized spacial score (nSPS) is 19.1. The topological polar surface area (TPSA) is 37.8 Å². The lowest BCUT2D eigenvalue weighted by Crippen LogP contribution is -2.37. The Hall–Kier alpha value is -0.540. The Labute approximate surface area is 99.2 Å². The lowest BCUT2D eigenvalue weighted by atomic mass is 10.0. The molecule has 1 fully saturated rings. The van der Waals surface area contributed by atoms with Gasteiger partial charge in [-0.15, -0.1) is 11.6 Å². The van der Waals surface area contributed by atoms with Crippen molar-refractivity contribution in [1.29, 1.82) is 0 Å². The van der Waals surface area contributed by atoms with Crippen molar-refractivity contribution in [3.05, 3.63) is 17.5 Å². The van der Waals surface area contributed by atoms with Crippen LogP contribution in [0.4, 0.5) is 5.82 Å². The molecule has 1 aliphatic carbocycles. The Balaban J connectivity index is 2.16. The molecule has 1 heterocycles. The summed E-state index contributed by atoms with van der Waals surface area (Å²) in [6.07, 6.45) is 7.66. The van der Waals surface area contributed by atoms with Gasteiger partial charge in [-0.1, -0.05) is 24.4 Å². The highest BCUT2D eigenvalue weighted by atomic mass is 35.5. The second kappa shape index (κ2) is 4.54. The Morgan fingerprint density at radius 2 is 2.13 bits per heavy atom. The molecule has 1 saturated carbocycles. The summed E-state index contributed by atoms with van der Waals surface area (Å²) in [4.78, 5) is 7.97. The number of alkyl halides is 1. The van der Waals surface area contributed by atoms with Crippen molar-refractivity contribution in [2.24, 2.45) is 0 Å². The summed E-state index contributed by atoms with van der Waals surface area (Å²) >= 11 is 12.0. The molecule has 2 rings (SSSR count). The average Bonchev–Trinajstić information content (AvgIpc) is 2.71. The van der Waals surface area contributed by atoms with Crippen LogP contribution in [0.5, 0.6) is 0 Å². The fourth-order valence-electron chi connectivity index (χ4n) is 2.00. The van der Waals surface area contributed by atoms with Gasteiger partial charge in [0, 0.05) is 5.88 Å². The molecule has 1 N–H and O–H groups in total. The molecule has 82 valence electrons. The van der Waals surface area contributed by atoms with Crippen LogP contribution in [-0.4, -0.2) is 21.4 Å². The molecule has 1 aromatic heterocycles. The van der Waals surface area contributed by atoms with E-state index in [1.165, 1.54) is 19.2 Å². The summed E-state index contributed by atoms with van der Waals surface area (Å²) in [7, 11) is 0. The van der Waals surface area contributed by atoms with Crippen LogP contribution < -0.4 is 5.32 Å². The molecule has 0 aromatic carbocycles. The predicted molar refractivity (Wildman–Crippen MR) is 62.6 cm³/mol. The second-order valence-electron chi connectivity index (χ2n) is 3.97. The number of aromatic nitrogens is 2. The third kappa shape index (κ3) is 2.34. The number of rotatable bonds is 3. The Kier molecular flexibility index (Phi) is 3.32. The zero-order chi connectivity index (χ0) is 10.7. The van der Waals surface area contributed by atoms with Crippen LogP contribution in [0.25, 0.3) is 0 Å². The number of hydrogen-bond donors (Lipinski definition) is 1. The average molecular weight is 246 g/mol. The van der Waals surface area contributed by atoms with E-state index in [1.54, 1.807) is 6.20 Å². The van der Waals surface area contributed by atoms with Crippen LogP contribution in [0, 0.1) is 0 Å². The smallest absolute Gasteiger partial charge is 0.148 e. The first-order valence-corrected chi connectivity index (χ1v) is 5.97. The molecule has 0 atom stereocenters. The maximum Gasteiger partial charge on any atom is 0.148 e. The summed E-state index contributed by atoms with van der Waals surface area (Å²) in [5, 5.41) is 3.91. The Morgan fingerprint density at radius 1 is 1.40 bits per heavy atom. The lowest BCUT2D eigenvalue weighted by molar-refractivity contribution is 0.537. The molecule has 0 saturated heterocycles. The number of halogens is 2. The third-order valence-electron chi connectivity index (χ3n) is 2.87. The quantitative estimate of drug-likeness (QED) is 0.833. The standard InChI is InChI=1S/C10H13Cl2N3/c11-6-10(3-1-2-4-10)15-9-8(12)5-13-7-14-9/h5,7H,1-4,6H2,(H,13,14,15). The minimum Gasteiger partial charge on any atom is -0.362 e. The summed E-state index contributed by atoms with van der Waals surface area (Å²) in [5.74, 6) is 1.28. The van der Waals surface area contributed by atoms with E-state index in [-0.39, 0.29) is 5.54 Å². The monoisotopic (exact) mass is 245 g/mol.